The van der Waals surface area contributed by atoms with Gasteiger partial charge in [0, 0.05) is 12.6 Å². The van der Waals surface area contributed by atoms with Crippen molar-refractivity contribution in [3.8, 4) is 11.5 Å². The average Bonchev–Trinajstić information content (AvgIpc) is 2.94. The molecule has 1 amide bonds. The van der Waals surface area contributed by atoms with Gasteiger partial charge in [0.1, 0.15) is 12.4 Å². The van der Waals surface area contributed by atoms with Crippen molar-refractivity contribution in [2.75, 3.05) is 13.7 Å². The summed E-state index contributed by atoms with van der Waals surface area (Å²) in [5, 5.41) is 6.71. The third-order valence-corrected chi connectivity index (χ3v) is 3.72. The summed E-state index contributed by atoms with van der Waals surface area (Å²) >= 11 is 0. The first-order valence-corrected chi connectivity index (χ1v) is 8.23. The molecular formula is C19H24N2O4. The summed E-state index contributed by atoms with van der Waals surface area (Å²) in [5.74, 6) is 1.85. The van der Waals surface area contributed by atoms with Crippen molar-refractivity contribution in [1.82, 2.24) is 10.5 Å². The quantitative estimate of drug-likeness (QED) is 0.743. The van der Waals surface area contributed by atoms with Crippen molar-refractivity contribution in [1.29, 1.82) is 0 Å². The van der Waals surface area contributed by atoms with Gasteiger partial charge < -0.3 is 19.3 Å². The van der Waals surface area contributed by atoms with Crippen molar-refractivity contribution >= 4 is 12.0 Å². The second-order valence-electron chi connectivity index (χ2n) is 5.63. The number of methoxy groups -OCH3 is 1. The largest absolute Gasteiger partial charge is 0.493 e. The fraction of sp³-hybridized carbons (Fsp3) is 0.368. The van der Waals surface area contributed by atoms with E-state index >= 15 is 0 Å². The van der Waals surface area contributed by atoms with Gasteiger partial charge in [-0.15, -0.1) is 0 Å². The molecule has 2 rings (SSSR count). The molecule has 0 fully saturated rings. The maximum atomic E-state index is 11.6. The third-order valence-electron chi connectivity index (χ3n) is 3.72. The van der Waals surface area contributed by atoms with E-state index in [-0.39, 0.29) is 5.91 Å². The monoisotopic (exact) mass is 344 g/mol. The first kappa shape index (κ1) is 18.6. The maximum absolute atomic E-state index is 11.6. The van der Waals surface area contributed by atoms with Crippen LogP contribution >= 0.6 is 0 Å². The standard InChI is InChI=1S/C19H24N2O4/c1-5-10-20-19(22)9-7-15-6-8-17(18(11-15)23-4)24-12-16-13(2)21-25-14(16)3/h6-9,11H,5,10,12H2,1-4H3,(H,20,22)/b9-7+. The molecule has 0 radical (unpaired) electrons. The van der Waals surface area contributed by atoms with E-state index in [0.29, 0.717) is 24.7 Å². The molecule has 0 unspecified atom stereocenters. The molecule has 25 heavy (non-hydrogen) atoms. The summed E-state index contributed by atoms with van der Waals surface area (Å²) in [4.78, 5) is 11.6. The van der Waals surface area contributed by atoms with E-state index in [1.165, 1.54) is 6.08 Å². The highest BCUT2D eigenvalue weighted by molar-refractivity contribution is 5.91. The van der Waals surface area contributed by atoms with Gasteiger partial charge in [0.15, 0.2) is 11.5 Å². The number of hydrogen-bond donors (Lipinski definition) is 1. The Kier molecular flexibility index (Phi) is 6.62. The number of aryl methyl sites for hydroxylation is 2. The van der Waals surface area contributed by atoms with Crippen molar-refractivity contribution < 1.29 is 18.8 Å². The summed E-state index contributed by atoms with van der Waals surface area (Å²) in [7, 11) is 1.58. The second-order valence-corrected chi connectivity index (χ2v) is 5.63. The Hall–Kier alpha value is -2.76. The molecule has 6 nitrogen and oxygen atoms in total. The number of amides is 1. The Bertz CT molecular complexity index is 730. The van der Waals surface area contributed by atoms with E-state index in [4.69, 9.17) is 14.0 Å². The molecule has 1 aromatic heterocycles. The highest BCUT2D eigenvalue weighted by atomic mass is 16.5. The van der Waals surface area contributed by atoms with Crippen molar-refractivity contribution in [3.05, 3.63) is 46.9 Å². The molecule has 0 aliphatic rings. The lowest BCUT2D eigenvalue weighted by atomic mass is 10.2. The Morgan fingerprint density at radius 1 is 1.32 bits per heavy atom. The predicted molar refractivity (Wildman–Crippen MR) is 95.6 cm³/mol. The summed E-state index contributed by atoms with van der Waals surface area (Å²) < 4.78 is 16.4. The number of rotatable bonds is 8. The van der Waals surface area contributed by atoms with Crippen LogP contribution in [-0.2, 0) is 11.4 Å². The summed E-state index contributed by atoms with van der Waals surface area (Å²) in [5.41, 5.74) is 2.60. The molecule has 0 atom stereocenters. The Labute approximate surface area is 147 Å². The van der Waals surface area contributed by atoms with E-state index < -0.39 is 0 Å². The molecule has 0 aliphatic heterocycles. The van der Waals surface area contributed by atoms with Crippen LogP contribution in [0.25, 0.3) is 6.08 Å². The molecule has 1 N–H and O–H groups in total. The number of ether oxygens (including phenoxy) is 2. The summed E-state index contributed by atoms with van der Waals surface area (Å²) in [6.45, 7) is 6.76. The van der Waals surface area contributed by atoms with Gasteiger partial charge in [0.2, 0.25) is 5.91 Å². The smallest absolute Gasteiger partial charge is 0.243 e. The first-order valence-electron chi connectivity index (χ1n) is 8.23. The van der Waals surface area contributed by atoms with Crippen LogP contribution in [0, 0.1) is 13.8 Å². The van der Waals surface area contributed by atoms with E-state index in [0.717, 1.165) is 29.0 Å². The maximum Gasteiger partial charge on any atom is 0.243 e. The molecule has 2 aromatic rings. The van der Waals surface area contributed by atoms with Gasteiger partial charge in [-0.3, -0.25) is 4.79 Å². The van der Waals surface area contributed by atoms with Gasteiger partial charge in [-0.1, -0.05) is 18.1 Å². The Morgan fingerprint density at radius 2 is 2.12 bits per heavy atom. The van der Waals surface area contributed by atoms with E-state index in [9.17, 15) is 4.79 Å². The normalized spacial score (nSPS) is 10.9. The zero-order chi connectivity index (χ0) is 18.2. The predicted octanol–water partition coefficient (Wildman–Crippen LogP) is 3.42. The van der Waals surface area contributed by atoms with Crippen LogP contribution in [0.5, 0.6) is 11.5 Å². The molecule has 0 spiro atoms. The van der Waals surface area contributed by atoms with Crippen LogP contribution in [0.2, 0.25) is 0 Å². The molecule has 134 valence electrons. The zero-order valence-corrected chi connectivity index (χ0v) is 15.1. The summed E-state index contributed by atoms with van der Waals surface area (Å²) in [6, 6.07) is 5.52. The fourth-order valence-electron chi connectivity index (χ4n) is 2.24. The molecule has 0 bridgehead atoms. The Morgan fingerprint density at radius 3 is 2.76 bits per heavy atom. The average molecular weight is 344 g/mol. The highest BCUT2D eigenvalue weighted by Gasteiger charge is 2.11. The van der Waals surface area contributed by atoms with Crippen LogP contribution in [0.3, 0.4) is 0 Å². The van der Waals surface area contributed by atoms with Gasteiger partial charge in [0.25, 0.3) is 0 Å². The van der Waals surface area contributed by atoms with Crippen molar-refractivity contribution in [2.45, 2.75) is 33.8 Å². The number of carbonyl (C=O) groups is 1. The van der Waals surface area contributed by atoms with E-state index in [1.54, 1.807) is 13.2 Å². The number of nitrogens with zero attached hydrogens (tertiary/aromatic N) is 1. The van der Waals surface area contributed by atoms with Crippen LogP contribution in [0.1, 0.15) is 35.9 Å². The minimum atomic E-state index is -0.112. The van der Waals surface area contributed by atoms with Crippen LogP contribution < -0.4 is 14.8 Å². The lowest BCUT2D eigenvalue weighted by Crippen LogP contribution is -2.21. The van der Waals surface area contributed by atoms with E-state index in [1.807, 2.05) is 39.0 Å². The molecule has 1 aromatic carbocycles. The fourth-order valence-corrected chi connectivity index (χ4v) is 2.24. The molecule has 0 saturated heterocycles. The summed E-state index contributed by atoms with van der Waals surface area (Å²) in [6.07, 6.45) is 4.16. The molecular weight excluding hydrogens is 320 g/mol. The minimum Gasteiger partial charge on any atom is -0.493 e. The number of hydrogen-bond acceptors (Lipinski definition) is 5. The lowest BCUT2D eigenvalue weighted by molar-refractivity contribution is -0.116. The van der Waals surface area contributed by atoms with Gasteiger partial charge in [-0.2, -0.15) is 0 Å². The van der Waals surface area contributed by atoms with E-state index in [2.05, 4.69) is 10.5 Å². The van der Waals surface area contributed by atoms with Gasteiger partial charge in [0.05, 0.1) is 18.4 Å². The van der Waals surface area contributed by atoms with Crippen LogP contribution in [0.15, 0.2) is 28.8 Å². The molecule has 6 heteroatoms. The first-order chi connectivity index (χ1) is 12.0. The van der Waals surface area contributed by atoms with Crippen molar-refractivity contribution in [3.63, 3.8) is 0 Å². The lowest BCUT2D eigenvalue weighted by Gasteiger charge is -2.11. The minimum absolute atomic E-state index is 0.112. The molecule has 0 aliphatic carbocycles. The van der Waals surface area contributed by atoms with Gasteiger partial charge in [-0.25, -0.2) is 0 Å². The highest BCUT2D eigenvalue weighted by Crippen LogP contribution is 2.30. The third kappa shape index (κ3) is 5.11. The number of aromatic nitrogens is 1. The SMILES string of the molecule is CCCNC(=O)/C=C/c1ccc(OCc2c(C)noc2C)c(OC)c1. The Balaban J connectivity index is 2.06. The number of carbonyl (C=O) groups excluding carboxylic acids is 1. The van der Waals surface area contributed by atoms with Crippen LogP contribution in [-0.4, -0.2) is 24.7 Å². The number of benzene rings is 1. The second kappa shape index (κ2) is 8.92. The zero-order valence-electron chi connectivity index (χ0n) is 15.1. The number of nitrogens with one attached hydrogen (secondary N) is 1. The van der Waals surface area contributed by atoms with Crippen LogP contribution in [0.4, 0.5) is 0 Å². The van der Waals surface area contributed by atoms with Gasteiger partial charge >= 0.3 is 0 Å². The van der Waals surface area contributed by atoms with Crippen molar-refractivity contribution in [2.24, 2.45) is 0 Å². The molecule has 0 saturated carbocycles. The molecule has 1 heterocycles. The topological polar surface area (TPSA) is 73.6 Å². The van der Waals surface area contributed by atoms with Gasteiger partial charge in [-0.05, 0) is 44.0 Å².